The maximum Gasteiger partial charge on any atom is 0.261 e. The Bertz CT molecular complexity index is 1740. The van der Waals surface area contributed by atoms with Crippen molar-refractivity contribution in [3.63, 3.8) is 0 Å². The third-order valence-electron chi connectivity index (χ3n) is 7.36. The van der Waals surface area contributed by atoms with E-state index in [0.717, 1.165) is 54.2 Å². The van der Waals surface area contributed by atoms with Crippen LogP contribution in [0, 0.1) is 0 Å². The van der Waals surface area contributed by atoms with Crippen LogP contribution in [0.3, 0.4) is 0 Å². The summed E-state index contributed by atoms with van der Waals surface area (Å²) in [5.74, 6) is -2.63. The molecule has 9 heteroatoms. The normalized spacial score (nSPS) is 16.0. The van der Waals surface area contributed by atoms with Crippen LogP contribution in [0.1, 0.15) is 48.2 Å². The van der Waals surface area contributed by atoms with E-state index in [-0.39, 0.29) is 13.0 Å². The molecule has 0 spiro atoms. The summed E-state index contributed by atoms with van der Waals surface area (Å²) in [6.07, 6.45) is 8.88. The smallest absolute Gasteiger partial charge is 0.261 e. The lowest BCUT2D eigenvalue weighted by atomic mass is 10.0. The van der Waals surface area contributed by atoms with Crippen LogP contribution < -0.4 is 5.32 Å². The molecule has 2 N–H and O–H groups in total. The average Bonchev–Trinajstić information content (AvgIpc) is 3.69. The first-order valence-corrected chi connectivity index (χ1v) is 14.5. The number of allylic oxidation sites excluding steroid dienone is 6. The first-order chi connectivity index (χ1) is 20.0. The Morgan fingerprint density at radius 3 is 2.62 bits per heavy atom. The number of rotatable bonds is 10. The Morgan fingerprint density at radius 2 is 1.93 bits per heavy atom. The number of alkyl halides is 2. The summed E-state index contributed by atoms with van der Waals surface area (Å²) in [4.78, 5) is 13.0. The number of aromatic amines is 1. The molecule has 0 aliphatic carbocycles. The monoisotopic (exact) mass is 584 g/mol. The summed E-state index contributed by atoms with van der Waals surface area (Å²) < 4.78 is 27.3. The molecule has 0 amide bonds. The molecule has 0 unspecified atom stereocenters. The van der Waals surface area contributed by atoms with Crippen LogP contribution in [-0.4, -0.2) is 44.1 Å². The van der Waals surface area contributed by atoms with Gasteiger partial charge in [0.2, 0.25) is 0 Å². The third kappa shape index (κ3) is 6.32. The second-order valence-electron chi connectivity index (χ2n) is 10.7. The minimum atomic E-state index is -2.63. The molecule has 216 valence electrons. The number of likely N-dealkylation sites (tertiary alicyclic amines) is 1. The Balaban J connectivity index is 1.38. The number of thiophene rings is 1. The molecule has 1 aliphatic rings. The molecule has 1 fully saturated rings. The van der Waals surface area contributed by atoms with E-state index in [2.05, 4.69) is 64.3 Å². The molecule has 5 heterocycles. The number of nitrogens with one attached hydrogen (secondary N) is 2. The number of H-pyrrole nitrogens is 1. The molecule has 1 aliphatic heterocycles. The van der Waals surface area contributed by atoms with Gasteiger partial charge < -0.3 is 5.32 Å². The van der Waals surface area contributed by atoms with Crippen molar-refractivity contribution in [2.45, 2.75) is 39.7 Å². The molecule has 4 aromatic heterocycles. The lowest BCUT2D eigenvalue weighted by molar-refractivity contribution is 0.0115. The highest BCUT2D eigenvalue weighted by molar-refractivity contribution is 7.14. The SMILES string of the molecule is C=C/C=C(\C(C)=C(/C)NC(=C)c1n[nH]c2cnc(-c3cncc(CN4CCC(F)(F)C4)c3)cc12)c1ccc(C(=C)C)s1. The first-order valence-electron chi connectivity index (χ1n) is 13.7. The average molecular weight is 585 g/mol. The molecule has 0 bridgehead atoms. The van der Waals surface area contributed by atoms with Gasteiger partial charge in [-0.3, -0.25) is 20.0 Å². The number of nitrogens with zero attached hydrogens (tertiary/aromatic N) is 4. The van der Waals surface area contributed by atoms with E-state index in [1.807, 2.05) is 32.1 Å². The van der Waals surface area contributed by atoms with Gasteiger partial charge in [-0.2, -0.15) is 5.10 Å². The number of halogens is 2. The lowest BCUT2D eigenvalue weighted by Gasteiger charge is -2.15. The van der Waals surface area contributed by atoms with E-state index < -0.39 is 5.92 Å². The lowest BCUT2D eigenvalue weighted by Crippen LogP contribution is -2.24. The molecular formula is C33H34F2N6S. The van der Waals surface area contributed by atoms with Crippen molar-refractivity contribution in [2.24, 2.45) is 0 Å². The van der Waals surface area contributed by atoms with E-state index >= 15 is 0 Å². The van der Waals surface area contributed by atoms with E-state index in [9.17, 15) is 8.78 Å². The maximum atomic E-state index is 13.7. The van der Waals surface area contributed by atoms with E-state index in [1.54, 1.807) is 40.9 Å². The van der Waals surface area contributed by atoms with E-state index in [0.29, 0.717) is 30.2 Å². The van der Waals surface area contributed by atoms with Gasteiger partial charge in [0.25, 0.3) is 5.92 Å². The molecular weight excluding hydrogens is 550 g/mol. The molecule has 1 saturated heterocycles. The quantitative estimate of drug-likeness (QED) is 0.185. The standard InChI is InChI=1S/C33H34F2N6S/c1-7-8-26(31-10-9-30(42-31)20(2)3)21(4)22(5)38-23(6)32-27-14-28(37-17-29(27)39-40-32)25-13-24(15-36-16-25)18-41-12-11-33(34,35)19-41/h7-10,13-17,38H,1-2,6,11-12,18-19H2,3-5H3,(H,39,40)/b22-21+,26-8+. The van der Waals surface area contributed by atoms with E-state index in [1.165, 1.54) is 0 Å². The summed E-state index contributed by atoms with van der Waals surface area (Å²) >= 11 is 1.70. The van der Waals surface area contributed by atoms with Crippen LogP contribution >= 0.6 is 11.3 Å². The second-order valence-corrected chi connectivity index (χ2v) is 11.8. The molecule has 4 aromatic rings. The van der Waals surface area contributed by atoms with Crippen molar-refractivity contribution in [2.75, 3.05) is 13.1 Å². The Labute approximate surface area is 248 Å². The van der Waals surface area contributed by atoms with Crippen molar-refractivity contribution in [1.82, 2.24) is 30.4 Å². The first kappa shape index (κ1) is 29.3. The van der Waals surface area contributed by atoms with Crippen LogP contribution in [0.4, 0.5) is 8.78 Å². The van der Waals surface area contributed by atoms with Crippen LogP contribution in [0.15, 0.2) is 86.0 Å². The fraction of sp³-hybridized carbons (Fsp3) is 0.242. The van der Waals surface area contributed by atoms with Crippen LogP contribution in [0.2, 0.25) is 0 Å². The number of fused-ring (bicyclic) bond motifs is 1. The molecule has 42 heavy (non-hydrogen) atoms. The van der Waals surface area contributed by atoms with Gasteiger partial charge >= 0.3 is 0 Å². The summed E-state index contributed by atoms with van der Waals surface area (Å²) in [6, 6.07) is 8.10. The minimum absolute atomic E-state index is 0.108. The number of hydrogen-bond acceptors (Lipinski definition) is 6. The van der Waals surface area contributed by atoms with Crippen LogP contribution in [0.25, 0.3) is 39.0 Å². The maximum absolute atomic E-state index is 13.7. The van der Waals surface area contributed by atoms with Gasteiger partial charge in [0.05, 0.1) is 29.6 Å². The Morgan fingerprint density at radius 1 is 1.14 bits per heavy atom. The van der Waals surface area contributed by atoms with Gasteiger partial charge in [-0.05, 0) is 67.3 Å². The molecule has 6 nitrogen and oxygen atoms in total. The van der Waals surface area contributed by atoms with E-state index in [4.69, 9.17) is 0 Å². The molecule has 5 rings (SSSR count). The topological polar surface area (TPSA) is 69.7 Å². The predicted molar refractivity (Wildman–Crippen MR) is 170 cm³/mol. The van der Waals surface area contributed by atoms with Gasteiger partial charge in [0.1, 0.15) is 5.69 Å². The molecule has 0 atom stereocenters. The highest BCUT2D eigenvalue weighted by Crippen LogP contribution is 2.34. The Hall–Kier alpha value is -4.21. The van der Waals surface area contributed by atoms with Crippen LogP contribution in [-0.2, 0) is 6.54 Å². The zero-order valence-corrected chi connectivity index (χ0v) is 24.9. The van der Waals surface area contributed by atoms with Gasteiger partial charge in [-0.15, -0.1) is 11.3 Å². The van der Waals surface area contributed by atoms with Gasteiger partial charge in [0, 0.05) is 58.3 Å². The van der Waals surface area contributed by atoms with Crippen LogP contribution in [0.5, 0.6) is 0 Å². The molecule has 0 saturated carbocycles. The summed E-state index contributed by atoms with van der Waals surface area (Å²) in [5.41, 5.74) is 8.59. The highest BCUT2D eigenvalue weighted by Gasteiger charge is 2.37. The fourth-order valence-corrected chi connectivity index (χ4v) is 6.04. The van der Waals surface area contributed by atoms with Crippen molar-refractivity contribution < 1.29 is 8.78 Å². The van der Waals surface area contributed by atoms with Gasteiger partial charge in [-0.25, -0.2) is 8.78 Å². The Kier molecular flexibility index (Phi) is 8.34. The summed E-state index contributed by atoms with van der Waals surface area (Å²) in [6.45, 7) is 18.9. The fourth-order valence-electron chi connectivity index (χ4n) is 5.02. The van der Waals surface area contributed by atoms with Crippen molar-refractivity contribution in [3.05, 3.63) is 107 Å². The molecule has 0 aromatic carbocycles. The second kappa shape index (κ2) is 12.0. The number of pyridine rings is 2. The summed E-state index contributed by atoms with van der Waals surface area (Å²) in [7, 11) is 0. The highest BCUT2D eigenvalue weighted by atomic mass is 32.1. The van der Waals surface area contributed by atoms with Crippen molar-refractivity contribution >= 4 is 39.1 Å². The van der Waals surface area contributed by atoms with Crippen molar-refractivity contribution in [1.29, 1.82) is 0 Å². The number of hydrogen-bond donors (Lipinski definition) is 2. The minimum Gasteiger partial charge on any atom is -0.358 e. The van der Waals surface area contributed by atoms with Gasteiger partial charge in [0.15, 0.2) is 0 Å². The zero-order valence-electron chi connectivity index (χ0n) is 24.1. The molecule has 0 radical (unpaired) electrons. The zero-order chi connectivity index (χ0) is 30.0. The van der Waals surface area contributed by atoms with Crippen molar-refractivity contribution in [3.8, 4) is 11.3 Å². The number of aromatic nitrogens is 4. The largest absolute Gasteiger partial charge is 0.358 e. The third-order valence-corrected chi connectivity index (χ3v) is 8.64. The summed E-state index contributed by atoms with van der Waals surface area (Å²) in [5, 5.41) is 11.9. The van der Waals surface area contributed by atoms with Gasteiger partial charge in [-0.1, -0.05) is 31.9 Å². The predicted octanol–water partition coefficient (Wildman–Crippen LogP) is 8.08.